The van der Waals surface area contributed by atoms with Crippen molar-refractivity contribution in [2.45, 2.75) is 52.1 Å². The van der Waals surface area contributed by atoms with Gasteiger partial charge in [0.15, 0.2) is 0 Å². The number of nitrogens with two attached hydrogens (primary N) is 1. The lowest BCUT2D eigenvalue weighted by Gasteiger charge is -2.15. The molecule has 4 heteroatoms. The van der Waals surface area contributed by atoms with E-state index in [-0.39, 0.29) is 6.04 Å². The predicted octanol–water partition coefficient (Wildman–Crippen LogP) is 2.62. The molecule has 2 unspecified atom stereocenters. The molecule has 3 N–H and O–H groups in total. The summed E-state index contributed by atoms with van der Waals surface area (Å²) >= 11 is 1.71. The molecule has 0 fully saturated rings. The average molecular weight is 241 g/mol. The molecule has 3 nitrogen and oxygen atoms in total. The van der Waals surface area contributed by atoms with E-state index >= 15 is 0 Å². The molecular formula is C12H23N3S. The Morgan fingerprint density at radius 1 is 1.56 bits per heavy atom. The highest BCUT2D eigenvalue weighted by atomic mass is 32.1. The number of nitrogens with one attached hydrogen (secondary N) is 1. The van der Waals surface area contributed by atoms with Gasteiger partial charge in [-0.05, 0) is 20.3 Å². The molecule has 0 spiro atoms. The Morgan fingerprint density at radius 2 is 2.31 bits per heavy atom. The summed E-state index contributed by atoms with van der Waals surface area (Å²) < 4.78 is 0. The van der Waals surface area contributed by atoms with Gasteiger partial charge in [0.1, 0.15) is 5.01 Å². The van der Waals surface area contributed by atoms with Crippen LogP contribution in [0.25, 0.3) is 0 Å². The zero-order valence-corrected chi connectivity index (χ0v) is 11.3. The summed E-state index contributed by atoms with van der Waals surface area (Å²) in [5, 5.41) is 6.68. The molecule has 0 aliphatic rings. The van der Waals surface area contributed by atoms with E-state index in [0.29, 0.717) is 6.04 Å². The van der Waals surface area contributed by atoms with Crippen molar-refractivity contribution in [2.24, 2.45) is 5.73 Å². The van der Waals surface area contributed by atoms with Crippen molar-refractivity contribution in [3.05, 3.63) is 16.1 Å². The van der Waals surface area contributed by atoms with Gasteiger partial charge in [-0.1, -0.05) is 19.8 Å². The van der Waals surface area contributed by atoms with E-state index in [1.807, 2.05) is 6.92 Å². The third-order valence-corrected chi connectivity index (χ3v) is 3.77. The second-order valence-electron chi connectivity index (χ2n) is 4.36. The van der Waals surface area contributed by atoms with Crippen molar-refractivity contribution >= 4 is 11.3 Å². The van der Waals surface area contributed by atoms with Crippen molar-refractivity contribution in [3.63, 3.8) is 0 Å². The minimum atomic E-state index is 0.267. The third kappa shape index (κ3) is 4.60. The minimum absolute atomic E-state index is 0.267. The van der Waals surface area contributed by atoms with Crippen LogP contribution in [0, 0.1) is 6.92 Å². The number of rotatable bonds is 7. The number of unbranched alkanes of at least 4 members (excludes halogenated alkanes) is 1. The standard InChI is InChI=1S/C12H23N3S/c1-4-5-6-11(13)7-14-10(3)12-15-9(2)8-16-12/h8,10-11,14H,4-7,13H2,1-3H3. The molecule has 1 heterocycles. The molecule has 92 valence electrons. The average Bonchev–Trinajstić information content (AvgIpc) is 2.69. The first kappa shape index (κ1) is 13.6. The molecule has 0 aromatic carbocycles. The van der Waals surface area contributed by atoms with Crippen molar-refractivity contribution in [1.82, 2.24) is 10.3 Å². The molecule has 2 atom stereocenters. The van der Waals surface area contributed by atoms with Crippen LogP contribution < -0.4 is 11.1 Å². The molecule has 0 bridgehead atoms. The molecule has 0 radical (unpaired) electrons. The molecular weight excluding hydrogens is 218 g/mol. The van der Waals surface area contributed by atoms with Gasteiger partial charge >= 0.3 is 0 Å². The van der Waals surface area contributed by atoms with Crippen molar-refractivity contribution in [1.29, 1.82) is 0 Å². The van der Waals surface area contributed by atoms with E-state index in [0.717, 1.165) is 23.7 Å². The van der Waals surface area contributed by atoms with Crippen LogP contribution in [0.15, 0.2) is 5.38 Å². The smallest absolute Gasteiger partial charge is 0.110 e. The second kappa shape index (κ2) is 6.99. The molecule has 0 aliphatic carbocycles. The van der Waals surface area contributed by atoms with Crippen LogP contribution in [0.4, 0.5) is 0 Å². The largest absolute Gasteiger partial charge is 0.327 e. The predicted molar refractivity (Wildman–Crippen MR) is 70.8 cm³/mol. The Labute approximate surface area is 102 Å². The quantitative estimate of drug-likeness (QED) is 0.771. The summed E-state index contributed by atoms with van der Waals surface area (Å²) in [6.07, 6.45) is 3.54. The molecule has 1 rings (SSSR count). The maximum atomic E-state index is 6.01. The van der Waals surface area contributed by atoms with E-state index in [1.54, 1.807) is 11.3 Å². The molecule has 1 aromatic heterocycles. The molecule has 16 heavy (non-hydrogen) atoms. The molecule has 0 aliphatic heterocycles. The monoisotopic (exact) mass is 241 g/mol. The highest BCUT2D eigenvalue weighted by Gasteiger charge is 2.10. The van der Waals surface area contributed by atoms with Gasteiger partial charge in [-0.2, -0.15) is 0 Å². The van der Waals surface area contributed by atoms with Gasteiger partial charge in [-0.3, -0.25) is 0 Å². The molecule has 0 saturated heterocycles. The van der Waals surface area contributed by atoms with Crippen LogP contribution in [-0.4, -0.2) is 17.6 Å². The summed E-state index contributed by atoms with van der Waals surface area (Å²) in [7, 11) is 0. The van der Waals surface area contributed by atoms with Gasteiger partial charge in [-0.15, -0.1) is 11.3 Å². The second-order valence-corrected chi connectivity index (χ2v) is 5.25. The first-order chi connectivity index (χ1) is 7.63. The minimum Gasteiger partial charge on any atom is -0.327 e. The van der Waals surface area contributed by atoms with Crippen LogP contribution in [0.3, 0.4) is 0 Å². The number of aromatic nitrogens is 1. The molecule has 0 amide bonds. The highest BCUT2D eigenvalue weighted by Crippen LogP contribution is 2.17. The Morgan fingerprint density at radius 3 is 2.88 bits per heavy atom. The summed E-state index contributed by atoms with van der Waals surface area (Å²) in [4.78, 5) is 4.47. The van der Waals surface area contributed by atoms with Gasteiger partial charge in [-0.25, -0.2) is 4.98 Å². The number of thiazole rings is 1. The fourth-order valence-corrected chi connectivity index (χ4v) is 2.38. The zero-order valence-electron chi connectivity index (χ0n) is 10.5. The first-order valence-electron chi connectivity index (χ1n) is 6.04. The van der Waals surface area contributed by atoms with Crippen LogP contribution in [0.1, 0.15) is 49.9 Å². The van der Waals surface area contributed by atoms with Crippen LogP contribution in [0.5, 0.6) is 0 Å². The number of hydrogen-bond donors (Lipinski definition) is 2. The highest BCUT2D eigenvalue weighted by molar-refractivity contribution is 7.09. The van der Waals surface area contributed by atoms with Gasteiger partial charge in [0, 0.05) is 23.7 Å². The van der Waals surface area contributed by atoms with E-state index in [4.69, 9.17) is 5.73 Å². The Balaban J connectivity index is 2.27. The first-order valence-corrected chi connectivity index (χ1v) is 6.92. The van der Waals surface area contributed by atoms with Crippen molar-refractivity contribution < 1.29 is 0 Å². The van der Waals surface area contributed by atoms with E-state index in [2.05, 4.69) is 29.5 Å². The maximum absolute atomic E-state index is 6.01. The molecule has 1 aromatic rings. The normalized spacial score (nSPS) is 15.0. The lowest BCUT2D eigenvalue weighted by Crippen LogP contribution is -2.35. The van der Waals surface area contributed by atoms with Crippen LogP contribution >= 0.6 is 11.3 Å². The Hall–Kier alpha value is -0.450. The number of aryl methyl sites for hydroxylation is 1. The summed E-state index contributed by atoms with van der Waals surface area (Å²) in [6, 6.07) is 0.579. The van der Waals surface area contributed by atoms with Crippen LogP contribution in [0.2, 0.25) is 0 Å². The fraction of sp³-hybridized carbons (Fsp3) is 0.750. The van der Waals surface area contributed by atoms with Crippen molar-refractivity contribution in [3.8, 4) is 0 Å². The van der Waals surface area contributed by atoms with E-state index in [1.165, 1.54) is 12.8 Å². The summed E-state index contributed by atoms with van der Waals surface area (Å²) in [5.41, 5.74) is 7.11. The SMILES string of the molecule is CCCCC(N)CNC(C)c1nc(C)cs1. The van der Waals surface area contributed by atoms with Crippen molar-refractivity contribution in [2.75, 3.05) is 6.54 Å². The number of hydrogen-bond acceptors (Lipinski definition) is 4. The summed E-state index contributed by atoms with van der Waals surface area (Å²) in [6.45, 7) is 7.24. The van der Waals surface area contributed by atoms with Gasteiger partial charge in [0.25, 0.3) is 0 Å². The topological polar surface area (TPSA) is 50.9 Å². The van der Waals surface area contributed by atoms with Gasteiger partial charge in [0.05, 0.1) is 6.04 Å². The fourth-order valence-electron chi connectivity index (χ4n) is 1.55. The summed E-state index contributed by atoms with van der Waals surface area (Å²) in [5.74, 6) is 0. The van der Waals surface area contributed by atoms with Gasteiger partial charge in [0.2, 0.25) is 0 Å². The van der Waals surface area contributed by atoms with Gasteiger partial charge < -0.3 is 11.1 Å². The lowest BCUT2D eigenvalue weighted by atomic mass is 10.1. The number of nitrogens with zero attached hydrogens (tertiary/aromatic N) is 1. The van der Waals surface area contributed by atoms with Crippen LogP contribution in [-0.2, 0) is 0 Å². The maximum Gasteiger partial charge on any atom is 0.110 e. The van der Waals surface area contributed by atoms with E-state index in [9.17, 15) is 0 Å². The zero-order chi connectivity index (χ0) is 12.0. The Kier molecular flexibility index (Phi) is 5.95. The van der Waals surface area contributed by atoms with E-state index < -0.39 is 0 Å². The molecule has 0 saturated carbocycles. The lowest BCUT2D eigenvalue weighted by molar-refractivity contribution is 0.484. The Bertz CT molecular complexity index is 298. The third-order valence-electron chi connectivity index (χ3n) is 2.62.